The fourth-order valence-corrected chi connectivity index (χ4v) is 3.68. The molecule has 1 aromatic carbocycles. The molecule has 1 unspecified atom stereocenters. The fourth-order valence-electron chi connectivity index (χ4n) is 2.14. The van der Waals surface area contributed by atoms with Gasteiger partial charge in [-0.1, -0.05) is 0 Å². The number of nitrogens with zero attached hydrogens (tertiary/aromatic N) is 2. The fraction of sp³-hybridized carbons (Fsp3) is 0.385. The van der Waals surface area contributed by atoms with Crippen molar-refractivity contribution in [1.82, 2.24) is 14.9 Å². The van der Waals surface area contributed by atoms with E-state index < -0.39 is 16.1 Å². The Balaban J connectivity index is 2.31. The van der Waals surface area contributed by atoms with Gasteiger partial charge in [-0.3, -0.25) is 4.79 Å². The van der Waals surface area contributed by atoms with Crippen LogP contribution in [-0.4, -0.2) is 51.4 Å². The van der Waals surface area contributed by atoms with Crippen LogP contribution in [0.15, 0.2) is 29.2 Å². The van der Waals surface area contributed by atoms with Gasteiger partial charge in [0.25, 0.3) is 5.91 Å². The predicted octanol–water partition coefficient (Wildman–Crippen LogP) is -0.468. The molecule has 1 heterocycles. The molecule has 1 aliphatic heterocycles. The van der Waals surface area contributed by atoms with Crippen molar-refractivity contribution in [2.75, 3.05) is 26.7 Å². The smallest absolute Gasteiger partial charge is 0.251 e. The third-order valence-corrected chi connectivity index (χ3v) is 5.22. The van der Waals surface area contributed by atoms with Crippen LogP contribution >= 0.6 is 0 Å². The molecule has 1 aromatic rings. The molecule has 2 N–H and O–H groups in total. The van der Waals surface area contributed by atoms with Gasteiger partial charge >= 0.3 is 0 Å². The molecule has 7 nitrogen and oxygen atoms in total. The Morgan fingerprint density at radius 1 is 1.43 bits per heavy atom. The molecule has 8 heteroatoms. The van der Waals surface area contributed by atoms with Gasteiger partial charge < -0.3 is 10.6 Å². The maximum atomic E-state index is 12.6. The van der Waals surface area contributed by atoms with Crippen molar-refractivity contribution in [2.45, 2.75) is 10.9 Å². The van der Waals surface area contributed by atoms with Crippen LogP contribution in [0.4, 0.5) is 0 Å². The lowest BCUT2D eigenvalue weighted by atomic mass is 10.2. The van der Waals surface area contributed by atoms with Crippen molar-refractivity contribution >= 4 is 15.9 Å². The minimum Gasteiger partial charge on any atom is -0.355 e. The van der Waals surface area contributed by atoms with Crippen molar-refractivity contribution in [2.24, 2.45) is 0 Å². The summed E-state index contributed by atoms with van der Waals surface area (Å²) in [5.41, 5.74) is 0.383. The van der Waals surface area contributed by atoms with E-state index in [1.165, 1.54) is 35.6 Å². The lowest BCUT2D eigenvalue weighted by molar-refractivity contribution is 0.0963. The van der Waals surface area contributed by atoms with Crippen LogP contribution < -0.4 is 10.6 Å². The Morgan fingerprint density at radius 2 is 2.10 bits per heavy atom. The van der Waals surface area contributed by atoms with E-state index in [1.54, 1.807) is 0 Å². The lowest BCUT2D eigenvalue weighted by Gasteiger charge is -2.30. The third kappa shape index (κ3) is 3.05. The number of nitrogens with one attached hydrogen (secondary N) is 2. The van der Waals surface area contributed by atoms with Gasteiger partial charge in [-0.2, -0.15) is 9.57 Å². The summed E-state index contributed by atoms with van der Waals surface area (Å²) in [6.07, 6.45) is 0. The van der Waals surface area contributed by atoms with E-state index in [4.69, 9.17) is 5.26 Å². The normalized spacial score (nSPS) is 19.7. The molecule has 0 saturated carbocycles. The average molecular weight is 308 g/mol. The number of rotatable bonds is 3. The van der Waals surface area contributed by atoms with Gasteiger partial charge in [-0.15, -0.1) is 0 Å². The highest BCUT2D eigenvalue weighted by molar-refractivity contribution is 7.89. The molecule has 0 bridgehead atoms. The molecule has 0 aliphatic carbocycles. The summed E-state index contributed by atoms with van der Waals surface area (Å²) in [5.74, 6) is -0.281. The second-order valence-electron chi connectivity index (χ2n) is 4.57. The Kier molecular flexibility index (Phi) is 4.57. The number of hydrogen-bond donors (Lipinski definition) is 2. The third-order valence-electron chi connectivity index (χ3n) is 3.29. The Bertz CT molecular complexity index is 664. The number of benzene rings is 1. The van der Waals surface area contributed by atoms with Gasteiger partial charge in [0.1, 0.15) is 6.04 Å². The first kappa shape index (κ1) is 15.4. The van der Waals surface area contributed by atoms with E-state index in [0.29, 0.717) is 18.7 Å². The standard InChI is InChI=1S/C13H16N4O3S/c1-15-13(18)10-2-4-12(5-3-10)21(19,20)17-7-6-16-9-11(17)8-14/h2-5,11,16H,6-7,9H2,1H3,(H,15,18). The molecule has 1 saturated heterocycles. The summed E-state index contributed by atoms with van der Waals surface area (Å²) in [5, 5.41) is 14.5. The van der Waals surface area contributed by atoms with Crippen LogP contribution in [0.1, 0.15) is 10.4 Å². The van der Waals surface area contributed by atoms with Gasteiger partial charge in [-0.05, 0) is 24.3 Å². The number of carbonyl (C=O) groups is 1. The summed E-state index contributed by atoms with van der Waals surface area (Å²) >= 11 is 0. The van der Waals surface area contributed by atoms with Gasteiger partial charge in [-0.25, -0.2) is 8.42 Å². The van der Waals surface area contributed by atoms with E-state index in [9.17, 15) is 13.2 Å². The zero-order valence-corrected chi connectivity index (χ0v) is 12.4. The quantitative estimate of drug-likeness (QED) is 0.786. The molecule has 1 atom stereocenters. The highest BCUT2D eigenvalue weighted by Crippen LogP contribution is 2.19. The van der Waals surface area contributed by atoms with Crippen molar-refractivity contribution in [3.8, 4) is 6.07 Å². The van der Waals surface area contributed by atoms with Crippen LogP contribution in [-0.2, 0) is 10.0 Å². The highest BCUT2D eigenvalue weighted by Gasteiger charge is 2.33. The van der Waals surface area contributed by atoms with Gasteiger partial charge in [0.15, 0.2) is 0 Å². The molecule has 1 fully saturated rings. The predicted molar refractivity (Wildman–Crippen MR) is 76.0 cm³/mol. The van der Waals surface area contributed by atoms with Crippen LogP contribution in [0.5, 0.6) is 0 Å². The van der Waals surface area contributed by atoms with Crippen molar-refractivity contribution in [3.05, 3.63) is 29.8 Å². The zero-order chi connectivity index (χ0) is 15.5. The zero-order valence-electron chi connectivity index (χ0n) is 11.5. The van der Waals surface area contributed by atoms with Crippen LogP contribution in [0, 0.1) is 11.3 Å². The summed E-state index contributed by atoms with van der Waals surface area (Å²) in [6, 6.07) is 6.95. The largest absolute Gasteiger partial charge is 0.355 e. The summed E-state index contributed by atoms with van der Waals surface area (Å²) in [4.78, 5) is 11.5. The van der Waals surface area contributed by atoms with E-state index in [1.807, 2.05) is 6.07 Å². The maximum absolute atomic E-state index is 12.6. The molecule has 1 amide bonds. The van der Waals surface area contributed by atoms with Gasteiger partial charge in [0.2, 0.25) is 10.0 Å². The van der Waals surface area contributed by atoms with Crippen LogP contribution in [0.3, 0.4) is 0 Å². The Morgan fingerprint density at radius 3 is 2.67 bits per heavy atom. The topological polar surface area (TPSA) is 102 Å². The minimum atomic E-state index is -3.73. The minimum absolute atomic E-state index is 0.0808. The highest BCUT2D eigenvalue weighted by atomic mass is 32.2. The monoisotopic (exact) mass is 308 g/mol. The number of sulfonamides is 1. The average Bonchev–Trinajstić information content (AvgIpc) is 2.54. The van der Waals surface area contributed by atoms with Crippen molar-refractivity contribution in [1.29, 1.82) is 5.26 Å². The van der Waals surface area contributed by atoms with Crippen molar-refractivity contribution in [3.63, 3.8) is 0 Å². The summed E-state index contributed by atoms with van der Waals surface area (Å²) < 4.78 is 26.3. The van der Waals surface area contributed by atoms with E-state index >= 15 is 0 Å². The van der Waals surface area contributed by atoms with E-state index in [-0.39, 0.29) is 17.3 Å². The molecular weight excluding hydrogens is 292 g/mol. The first-order valence-corrected chi connectivity index (χ1v) is 7.89. The van der Waals surface area contributed by atoms with Gasteiger partial charge in [0, 0.05) is 32.2 Å². The van der Waals surface area contributed by atoms with Crippen LogP contribution in [0.25, 0.3) is 0 Å². The molecular formula is C13H16N4O3S. The first-order valence-electron chi connectivity index (χ1n) is 6.45. The Labute approximate surface area is 123 Å². The van der Waals surface area contributed by atoms with Crippen LogP contribution in [0.2, 0.25) is 0 Å². The molecule has 0 spiro atoms. The SMILES string of the molecule is CNC(=O)c1ccc(S(=O)(=O)N2CCNCC2C#N)cc1. The van der Waals surface area contributed by atoms with E-state index in [0.717, 1.165) is 0 Å². The number of nitriles is 1. The Hall–Kier alpha value is -1.95. The molecule has 1 aliphatic rings. The van der Waals surface area contributed by atoms with Gasteiger partial charge in [0.05, 0.1) is 11.0 Å². The lowest BCUT2D eigenvalue weighted by Crippen LogP contribution is -2.52. The molecule has 21 heavy (non-hydrogen) atoms. The van der Waals surface area contributed by atoms with Crippen molar-refractivity contribution < 1.29 is 13.2 Å². The number of hydrogen-bond acceptors (Lipinski definition) is 5. The molecule has 0 aromatic heterocycles. The summed E-state index contributed by atoms with van der Waals surface area (Å²) in [7, 11) is -2.23. The number of carbonyl (C=O) groups excluding carboxylic acids is 1. The molecule has 112 valence electrons. The second-order valence-corrected chi connectivity index (χ2v) is 6.46. The number of piperazine rings is 1. The first-order chi connectivity index (χ1) is 10.0. The summed E-state index contributed by atoms with van der Waals surface area (Å²) in [6.45, 7) is 1.07. The molecule has 2 rings (SSSR count). The molecule has 0 radical (unpaired) electrons. The maximum Gasteiger partial charge on any atom is 0.251 e. The van der Waals surface area contributed by atoms with E-state index in [2.05, 4.69) is 10.6 Å². The second kappa shape index (κ2) is 6.22. The number of amides is 1.